The summed E-state index contributed by atoms with van der Waals surface area (Å²) in [6.07, 6.45) is 0.461. The summed E-state index contributed by atoms with van der Waals surface area (Å²) >= 11 is 0. The molecule has 0 aliphatic rings. The first kappa shape index (κ1) is 12.6. The molecule has 3 heteroatoms. The first-order chi connectivity index (χ1) is 7.63. The SMILES string of the molecule is COC(=O)N[C@@H](Cc1ccccc1)C(C)C. The Bertz CT molecular complexity index is 322. The zero-order valence-electron chi connectivity index (χ0n) is 10.1. The summed E-state index contributed by atoms with van der Waals surface area (Å²) in [6, 6.07) is 10.2. The van der Waals surface area contributed by atoms with Crippen LogP contribution in [-0.2, 0) is 11.2 Å². The number of hydrogen-bond donors (Lipinski definition) is 1. The van der Waals surface area contributed by atoms with Crippen LogP contribution in [0.2, 0.25) is 0 Å². The van der Waals surface area contributed by atoms with Gasteiger partial charge >= 0.3 is 6.09 Å². The van der Waals surface area contributed by atoms with E-state index < -0.39 is 0 Å². The van der Waals surface area contributed by atoms with Gasteiger partial charge in [0.2, 0.25) is 0 Å². The maximum atomic E-state index is 11.2. The van der Waals surface area contributed by atoms with Gasteiger partial charge in [-0.2, -0.15) is 0 Å². The van der Waals surface area contributed by atoms with Crippen molar-refractivity contribution in [3.8, 4) is 0 Å². The van der Waals surface area contributed by atoms with Crippen molar-refractivity contribution < 1.29 is 9.53 Å². The molecular weight excluding hydrogens is 202 g/mol. The second-order valence-electron chi connectivity index (χ2n) is 4.18. The summed E-state index contributed by atoms with van der Waals surface area (Å²) in [6.45, 7) is 4.17. The standard InChI is InChI=1S/C13H19NO2/c1-10(2)12(14-13(15)16-3)9-11-7-5-4-6-8-11/h4-8,10,12H,9H2,1-3H3,(H,14,15)/t12-/m0/s1. The predicted molar refractivity (Wildman–Crippen MR) is 64.3 cm³/mol. The van der Waals surface area contributed by atoms with E-state index in [1.807, 2.05) is 18.2 Å². The molecule has 1 amide bonds. The molecule has 0 aliphatic heterocycles. The second-order valence-corrected chi connectivity index (χ2v) is 4.18. The molecule has 0 bridgehead atoms. The van der Waals surface area contributed by atoms with Crippen molar-refractivity contribution in [3.05, 3.63) is 35.9 Å². The number of carbonyl (C=O) groups excluding carboxylic acids is 1. The van der Waals surface area contributed by atoms with Crippen LogP contribution in [0.25, 0.3) is 0 Å². The molecule has 0 radical (unpaired) electrons. The summed E-state index contributed by atoms with van der Waals surface area (Å²) in [5.74, 6) is 0.374. The van der Waals surface area contributed by atoms with Gasteiger partial charge in [0, 0.05) is 6.04 Å². The van der Waals surface area contributed by atoms with E-state index in [0.717, 1.165) is 6.42 Å². The fourth-order valence-corrected chi connectivity index (χ4v) is 1.53. The molecule has 1 atom stereocenters. The lowest BCUT2D eigenvalue weighted by atomic mass is 9.97. The van der Waals surface area contributed by atoms with E-state index in [1.165, 1.54) is 12.7 Å². The molecule has 0 saturated carbocycles. The fraction of sp³-hybridized carbons (Fsp3) is 0.462. The molecule has 0 fully saturated rings. The smallest absolute Gasteiger partial charge is 0.407 e. The van der Waals surface area contributed by atoms with Crippen LogP contribution in [0.15, 0.2) is 30.3 Å². The molecule has 1 aromatic rings. The van der Waals surface area contributed by atoms with E-state index in [4.69, 9.17) is 0 Å². The minimum Gasteiger partial charge on any atom is -0.453 e. The third kappa shape index (κ3) is 3.93. The first-order valence-electron chi connectivity index (χ1n) is 5.52. The molecule has 0 spiro atoms. The molecule has 0 unspecified atom stereocenters. The van der Waals surface area contributed by atoms with Gasteiger partial charge in [0.25, 0.3) is 0 Å². The largest absolute Gasteiger partial charge is 0.453 e. The molecule has 1 N–H and O–H groups in total. The molecule has 88 valence electrons. The average molecular weight is 221 g/mol. The Labute approximate surface area is 96.8 Å². The van der Waals surface area contributed by atoms with Crippen molar-refractivity contribution in [2.45, 2.75) is 26.3 Å². The minimum absolute atomic E-state index is 0.106. The molecule has 0 heterocycles. The predicted octanol–water partition coefficient (Wildman–Crippen LogP) is 2.61. The molecule has 1 rings (SSSR count). The monoisotopic (exact) mass is 221 g/mol. The summed E-state index contributed by atoms with van der Waals surface area (Å²) in [5, 5.41) is 2.85. The molecule has 1 aromatic carbocycles. The van der Waals surface area contributed by atoms with Gasteiger partial charge in [-0.25, -0.2) is 4.79 Å². The Morgan fingerprint density at radius 2 is 1.94 bits per heavy atom. The number of methoxy groups -OCH3 is 1. The first-order valence-corrected chi connectivity index (χ1v) is 5.52. The normalized spacial score (nSPS) is 12.2. The van der Waals surface area contributed by atoms with Gasteiger partial charge in [-0.1, -0.05) is 44.2 Å². The fourth-order valence-electron chi connectivity index (χ4n) is 1.53. The van der Waals surface area contributed by atoms with Gasteiger partial charge in [0.1, 0.15) is 0 Å². The Hall–Kier alpha value is -1.51. The zero-order valence-corrected chi connectivity index (χ0v) is 10.1. The highest BCUT2D eigenvalue weighted by atomic mass is 16.5. The van der Waals surface area contributed by atoms with Crippen molar-refractivity contribution in [3.63, 3.8) is 0 Å². The molecular formula is C13H19NO2. The van der Waals surface area contributed by atoms with E-state index in [2.05, 4.69) is 36.0 Å². The van der Waals surface area contributed by atoms with Gasteiger partial charge in [-0.3, -0.25) is 0 Å². The maximum Gasteiger partial charge on any atom is 0.407 e. The molecule has 16 heavy (non-hydrogen) atoms. The number of carbonyl (C=O) groups is 1. The average Bonchev–Trinajstić information content (AvgIpc) is 2.29. The molecule has 3 nitrogen and oxygen atoms in total. The van der Waals surface area contributed by atoms with Gasteiger partial charge in [0.15, 0.2) is 0 Å². The summed E-state index contributed by atoms with van der Waals surface area (Å²) in [5.41, 5.74) is 1.22. The topological polar surface area (TPSA) is 38.3 Å². The van der Waals surface area contributed by atoms with Crippen LogP contribution >= 0.6 is 0 Å². The summed E-state index contributed by atoms with van der Waals surface area (Å²) in [7, 11) is 1.38. The number of hydrogen-bond acceptors (Lipinski definition) is 2. The minimum atomic E-state index is -0.366. The quantitative estimate of drug-likeness (QED) is 0.848. The van der Waals surface area contributed by atoms with E-state index >= 15 is 0 Å². The van der Waals surface area contributed by atoms with E-state index in [-0.39, 0.29) is 12.1 Å². The highest BCUT2D eigenvalue weighted by molar-refractivity contribution is 5.67. The van der Waals surface area contributed by atoms with Gasteiger partial charge in [0.05, 0.1) is 7.11 Å². The Balaban J connectivity index is 2.62. The third-order valence-corrected chi connectivity index (χ3v) is 2.59. The maximum absolute atomic E-state index is 11.2. The Morgan fingerprint density at radius 3 is 2.44 bits per heavy atom. The van der Waals surface area contributed by atoms with Crippen LogP contribution in [0.5, 0.6) is 0 Å². The van der Waals surface area contributed by atoms with Crippen molar-refractivity contribution in [2.75, 3.05) is 7.11 Å². The van der Waals surface area contributed by atoms with Crippen LogP contribution in [0, 0.1) is 5.92 Å². The number of amides is 1. The van der Waals surface area contributed by atoms with E-state index in [1.54, 1.807) is 0 Å². The third-order valence-electron chi connectivity index (χ3n) is 2.59. The van der Waals surface area contributed by atoms with E-state index in [9.17, 15) is 4.79 Å². The summed E-state index contributed by atoms with van der Waals surface area (Å²) < 4.78 is 4.62. The van der Waals surface area contributed by atoms with Crippen molar-refractivity contribution in [1.29, 1.82) is 0 Å². The van der Waals surface area contributed by atoms with Crippen LogP contribution in [-0.4, -0.2) is 19.2 Å². The number of rotatable bonds is 4. The Morgan fingerprint density at radius 1 is 1.31 bits per heavy atom. The van der Waals surface area contributed by atoms with Crippen molar-refractivity contribution >= 4 is 6.09 Å². The number of ether oxygens (including phenoxy) is 1. The van der Waals surface area contributed by atoms with Crippen LogP contribution in [0.1, 0.15) is 19.4 Å². The van der Waals surface area contributed by atoms with Crippen LogP contribution in [0.4, 0.5) is 4.79 Å². The summed E-state index contributed by atoms with van der Waals surface area (Å²) in [4.78, 5) is 11.2. The molecule has 0 saturated heterocycles. The van der Waals surface area contributed by atoms with Crippen molar-refractivity contribution in [1.82, 2.24) is 5.32 Å². The molecule has 0 aliphatic carbocycles. The molecule has 0 aromatic heterocycles. The zero-order chi connectivity index (χ0) is 12.0. The lowest BCUT2D eigenvalue weighted by Gasteiger charge is -2.21. The number of benzene rings is 1. The van der Waals surface area contributed by atoms with Gasteiger partial charge in [-0.05, 0) is 17.9 Å². The lowest BCUT2D eigenvalue weighted by Crippen LogP contribution is -2.40. The van der Waals surface area contributed by atoms with Crippen molar-refractivity contribution in [2.24, 2.45) is 5.92 Å². The van der Waals surface area contributed by atoms with Crippen LogP contribution in [0.3, 0.4) is 0 Å². The lowest BCUT2D eigenvalue weighted by molar-refractivity contribution is 0.163. The highest BCUT2D eigenvalue weighted by Crippen LogP contribution is 2.10. The van der Waals surface area contributed by atoms with Gasteiger partial charge < -0.3 is 10.1 Å². The van der Waals surface area contributed by atoms with Crippen LogP contribution < -0.4 is 5.32 Å². The Kier molecular flexibility index (Phi) is 4.83. The number of alkyl carbamates (subject to hydrolysis) is 1. The highest BCUT2D eigenvalue weighted by Gasteiger charge is 2.16. The van der Waals surface area contributed by atoms with E-state index in [0.29, 0.717) is 5.92 Å². The number of nitrogens with one attached hydrogen (secondary N) is 1. The van der Waals surface area contributed by atoms with Gasteiger partial charge in [-0.15, -0.1) is 0 Å². The second kappa shape index (κ2) is 6.16.